The number of allylic oxidation sites excluding steroid dienone is 1. The summed E-state index contributed by atoms with van der Waals surface area (Å²) < 4.78 is 17.9. The summed E-state index contributed by atoms with van der Waals surface area (Å²) in [7, 11) is -3.88. The molecule has 0 aromatic rings. The number of hydrogen-bond acceptors (Lipinski definition) is 2. The molecule has 0 bridgehead atoms. The highest BCUT2D eigenvalue weighted by molar-refractivity contribution is 7.39. The second-order valence-corrected chi connectivity index (χ2v) is 13.3. The Morgan fingerprint density at radius 1 is 1.50 bits per heavy atom. The molecule has 0 aromatic heterocycles. The van der Waals surface area contributed by atoms with Crippen molar-refractivity contribution in [2.75, 3.05) is 0 Å². The molecule has 116 valence electrons. The van der Waals surface area contributed by atoms with Gasteiger partial charge in [-0.15, -0.1) is 0 Å². The summed E-state index contributed by atoms with van der Waals surface area (Å²) in [4.78, 5) is 9.49. The average molecular weight is 317 g/mol. The molecule has 1 N–H and O–H groups in total. The fourth-order valence-corrected chi connectivity index (χ4v) is 4.63. The molecule has 0 heterocycles. The minimum absolute atomic E-state index is 0.139. The lowest BCUT2D eigenvalue weighted by molar-refractivity contribution is 0.224. The van der Waals surface area contributed by atoms with Crippen molar-refractivity contribution < 1.29 is 13.9 Å². The Bertz CT molecular complexity index is 385. The minimum atomic E-state index is -2.12. The first-order chi connectivity index (χ1) is 9.08. The van der Waals surface area contributed by atoms with Crippen LogP contribution in [0.1, 0.15) is 53.4 Å². The maximum atomic E-state index is 11.5. The van der Waals surface area contributed by atoms with E-state index in [4.69, 9.17) is 4.43 Å². The Morgan fingerprint density at radius 3 is 2.55 bits per heavy atom. The van der Waals surface area contributed by atoms with Gasteiger partial charge >= 0.3 is 8.03 Å². The summed E-state index contributed by atoms with van der Waals surface area (Å²) in [6, 6.07) is 0. The molecule has 20 heavy (non-hydrogen) atoms. The van der Waals surface area contributed by atoms with E-state index in [0.29, 0.717) is 0 Å². The topological polar surface area (TPSA) is 46.5 Å². The second-order valence-electron chi connectivity index (χ2n) is 7.30. The van der Waals surface area contributed by atoms with Gasteiger partial charge in [-0.25, -0.2) is 0 Å². The maximum absolute atomic E-state index is 11.5. The Labute approximate surface area is 125 Å². The van der Waals surface area contributed by atoms with Crippen molar-refractivity contribution in [2.45, 2.75) is 83.3 Å². The van der Waals surface area contributed by atoms with Crippen molar-refractivity contribution in [1.82, 2.24) is 0 Å². The molecule has 3 unspecified atom stereocenters. The molecule has 0 aliphatic heterocycles. The van der Waals surface area contributed by atoms with E-state index in [9.17, 15) is 9.46 Å². The molecule has 1 aliphatic rings. The fraction of sp³-hybridized carbons (Fsp3) is 0.867. The van der Waals surface area contributed by atoms with Crippen LogP contribution in [-0.4, -0.2) is 25.0 Å². The standard InChI is InChI=1S/C15H29O3PSi/c1-7-8-14(19(16)17)12-9-10-13(11-12)18-20(5,6)15(2,3)4/h11,13-14H,7-10H2,1-6H3/p+1. The molecule has 3 atom stereocenters. The molecule has 0 spiro atoms. The van der Waals surface area contributed by atoms with Crippen molar-refractivity contribution in [3.63, 3.8) is 0 Å². The summed E-state index contributed by atoms with van der Waals surface area (Å²) in [5.74, 6) is 0. The van der Waals surface area contributed by atoms with E-state index in [-0.39, 0.29) is 16.8 Å². The Balaban J connectivity index is 2.76. The molecular formula is C15H30O3PSi+. The van der Waals surface area contributed by atoms with Crippen molar-refractivity contribution in [2.24, 2.45) is 0 Å². The van der Waals surface area contributed by atoms with Crippen molar-refractivity contribution in [3.05, 3.63) is 11.6 Å². The Hall–Kier alpha value is -0.0231. The average Bonchev–Trinajstić information content (AvgIpc) is 2.71. The largest absolute Gasteiger partial charge is 0.513 e. The van der Waals surface area contributed by atoms with Gasteiger partial charge < -0.3 is 4.43 Å². The van der Waals surface area contributed by atoms with Gasteiger partial charge in [0.1, 0.15) is 0 Å². The van der Waals surface area contributed by atoms with E-state index in [1.807, 2.05) is 0 Å². The highest BCUT2D eigenvalue weighted by Crippen LogP contribution is 2.42. The van der Waals surface area contributed by atoms with Gasteiger partial charge in [0.15, 0.2) is 8.32 Å². The third kappa shape index (κ3) is 4.49. The van der Waals surface area contributed by atoms with Gasteiger partial charge in [0.05, 0.1) is 6.10 Å². The van der Waals surface area contributed by atoms with Crippen molar-refractivity contribution in [1.29, 1.82) is 0 Å². The molecule has 0 aromatic carbocycles. The smallest absolute Gasteiger partial charge is 0.411 e. The first-order valence-corrected chi connectivity index (χ1v) is 11.8. The lowest BCUT2D eigenvalue weighted by Crippen LogP contribution is -2.43. The van der Waals surface area contributed by atoms with Crippen LogP contribution in [0.5, 0.6) is 0 Å². The zero-order valence-electron chi connectivity index (χ0n) is 13.8. The summed E-state index contributed by atoms with van der Waals surface area (Å²) in [5, 5.41) is 0.203. The molecular weight excluding hydrogens is 287 g/mol. The quantitative estimate of drug-likeness (QED) is 0.426. The van der Waals surface area contributed by atoms with Crippen molar-refractivity contribution in [3.8, 4) is 0 Å². The molecule has 0 amide bonds. The van der Waals surface area contributed by atoms with Crippen LogP contribution in [0.3, 0.4) is 0 Å². The predicted octanol–water partition coefficient (Wildman–Crippen LogP) is 5.00. The molecule has 0 fully saturated rings. The number of rotatable bonds is 6. The highest BCUT2D eigenvalue weighted by atomic mass is 31.1. The van der Waals surface area contributed by atoms with Gasteiger partial charge in [-0.3, -0.25) is 0 Å². The molecule has 1 rings (SSSR count). The normalized spacial score (nSPS) is 22.6. The van der Waals surface area contributed by atoms with Gasteiger partial charge in [0, 0.05) is 6.42 Å². The second kappa shape index (κ2) is 6.82. The van der Waals surface area contributed by atoms with E-state index in [0.717, 1.165) is 31.3 Å². The molecule has 1 aliphatic carbocycles. The van der Waals surface area contributed by atoms with Crippen LogP contribution in [-0.2, 0) is 8.99 Å². The third-order valence-electron chi connectivity index (χ3n) is 4.63. The zero-order chi connectivity index (χ0) is 15.6. The van der Waals surface area contributed by atoms with Crippen LogP contribution >= 0.6 is 8.03 Å². The SMILES string of the molecule is CCCC(C1=CC(O[Si](C)(C)C(C)(C)C)CC1)[P+](=O)O. The predicted molar refractivity (Wildman–Crippen MR) is 87.9 cm³/mol. The van der Waals surface area contributed by atoms with Gasteiger partial charge in [-0.05, 0) is 41.1 Å². The van der Waals surface area contributed by atoms with Crippen LogP contribution in [0.2, 0.25) is 18.1 Å². The van der Waals surface area contributed by atoms with E-state index in [1.165, 1.54) is 0 Å². The Morgan fingerprint density at radius 2 is 2.10 bits per heavy atom. The third-order valence-corrected chi connectivity index (χ3v) is 10.3. The molecule has 5 heteroatoms. The van der Waals surface area contributed by atoms with Gasteiger partial charge in [-0.2, -0.15) is 4.89 Å². The van der Waals surface area contributed by atoms with Crippen LogP contribution in [0, 0.1) is 0 Å². The summed E-state index contributed by atoms with van der Waals surface area (Å²) in [6.45, 7) is 13.3. The van der Waals surface area contributed by atoms with E-state index < -0.39 is 16.3 Å². The summed E-state index contributed by atoms with van der Waals surface area (Å²) in [5.41, 5.74) is 0.974. The van der Waals surface area contributed by atoms with Gasteiger partial charge in [0.25, 0.3) is 0 Å². The maximum Gasteiger partial charge on any atom is 0.513 e. The lowest BCUT2D eigenvalue weighted by Gasteiger charge is -2.38. The monoisotopic (exact) mass is 317 g/mol. The first kappa shape index (κ1) is 18.0. The zero-order valence-corrected chi connectivity index (χ0v) is 15.7. The molecule has 0 radical (unpaired) electrons. The molecule has 0 saturated carbocycles. The Kier molecular flexibility index (Phi) is 6.15. The van der Waals surface area contributed by atoms with Crippen molar-refractivity contribution >= 4 is 16.3 Å². The molecule has 3 nitrogen and oxygen atoms in total. The number of hydrogen-bond donors (Lipinski definition) is 1. The van der Waals surface area contributed by atoms with E-state index >= 15 is 0 Å². The van der Waals surface area contributed by atoms with Gasteiger partial charge in [-0.1, -0.05) is 40.2 Å². The lowest BCUT2D eigenvalue weighted by atomic mass is 10.1. The first-order valence-electron chi connectivity index (χ1n) is 7.62. The summed E-state index contributed by atoms with van der Waals surface area (Å²) >= 11 is 0. The van der Waals surface area contributed by atoms with Gasteiger partial charge in [0.2, 0.25) is 5.66 Å². The van der Waals surface area contributed by atoms with E-state index in [2.05, 4.69) is 46.9 Å². The highest BCUT2D eigenvalue weighted by Gasteiger charge is 2.41. The molecule has 0 saturated heterocycles. The van der Waals surface area contributed by atoms with Crippen LogP contribution in [0.25, 0.3) is 0 Å². The minimum Gasteiger partial charge on any atom is -0.411 e. The van der Waals surface area contributed by atoms with Crippen LogP contribution in [0.4, 0.5) is 0 Å². The van der Waals surface area contributed by atoms with E-state index in [1.54, 1.807) is 0 Å². The fourth-order valence-electron chi connectivity index (χ4n) is 2.35. The summed E-state index contributed by atoms with van der Waals surface area (Å²) in [6.07, 6.45) is 5.88. The van der Waals surface area contributed by atoms with Crippen LogP contribution in [0.15, 0.2) is 11.6 Å². The van der Waals surface area contributed by atoms with Crippen LogP contribution < -0.4 is 0 Å².